The summed E-state index contributed by atoms with van der Waals surface area (Å²) in [4.78, 5) is 28.0. The highest BCUT2D eigenvalue weighted by atomic mass is 19.4. The van der Waals surface area contributed by atoms with Gasteiger partial charge in [0, 0.05) is 23.6 Å². The van der Waals surface area contributed by atoms with Crippen molar-refractivity contribution in [1.29, 1.82) is 0 Å². The fourth-order valence-corrected chi connectivity index (χ4v) is 3.95. The maximum absolute atomic E-state index is 14.4. The number of hydrogen-bond donors (Lipinski definition) is 2. The molecule has 1 aliphatic rings. The SMILES string of the molecule is C[C@H]1[C@@H](c2ccc(F)c(F)c2OC(F)F)[C@H](C(=O)N=c2ccn(O)c(C(N)=O)c2)O[C@@]1(C)C(F)(F)F. The summed E-state index contributed by atoms with van der Waals surface area (Å²) in [6, 6.07) is 3.04. The smallest absolute Gasteiger partial charge is 0.417 e. The number of halogens is 7. The van der Waals surface area contributed by atoms with Crippen LogP contribution in [0, 0.1) is 17.6 Å². The second-order valence-electron chi connectivity index (χ2n) is 8.04. The molecule has 3 rings (SSSR count). The van der Waals surface area contributed by atoms with Gasteiger partial charge in [0.15, 0.2) is 17.2 Å². The average Bonchev–Trinajstić information content (AvgIpc) is 3.04. The average molecular weight is 525 g/mol. The van der Waals surface area contributed by atoms with E-state index in [1.807, 2.05) is 0 Å². The summed E-state index contributed by atoms with van der Waals surface area (Å²) < 4.78 is 105. The van der Waals surface area contributed by atoms with Crippen molar-refractivity contribution >= 4 is 11.8 Å². The van der Waals surface area contributed by atoms with Gasteiger partial charge in [0.25, 0.3) is 11.8 Å². The Morgan fingerprint density at radius 3 is 2.44 bits per heavy atom. The number of pyridine rings is 1. The maximum Gasteiger partial charge on any atom is 0.417 e. The standard InChI is InChI=1S/C21H18F7N3O5/c1-8-13(10-3-4-11(22)14(23)15(10)35-19(24)25)16(36-20(8,2)21(26,27)28)18(33)30-9-5-6-31(34)12(7-9)17(29)32/h3-8,13,16,19,34H,1-2H3,(H2,29,32)/t8-,13-,16+,20+/m0/s1. The Labute approximate surface area is 197 Å². The topological polar surface area (TPSA) is 116 Å². The summed E-state index contributed by atoms with van der Waals surface area (Å²) in [5, 5.41) is 9.25. The number of aromatic nitrogens is 1. The molecule has 1 saturated heterocycles. The molecule has 2 heterocycles. The molecule has 8 nitrogen and oxygen atoms in total. The number of hydrogen-bond acceptors (Lipinski definition) is 5. The van der Waals surface area contributed by atoms with E-state index in [2.05, 4.69) is 9.73 Å². The first kappa shape index (κ1) is 27.0. The Balaban J connectivity index is 2.20. The van der Waals surface area contributed by atoms with Crippen LogP contribution in [0.4, 0.5) is 30.7 Å². The number of carbonyl (C=O) groups is 2. The second-order valence-corrected chi connectivity index (χ2v) is 8.04. The van der Waals surface area contributed by atoms with Gasteiger partial charge in [0.1, 0.15) is 11.8 Å². The first-order valence-corrected chi connectivity index (χ1v) is 10.1. The molecule has 0 unspecified atom stereocenters. The predicted molar refractivity (Wildman–Crippen MR) is 105 cm³/mol. The number of ether oxygens (including phenoxy) is 2. The highest BCUT2D eigenvalue weighted by molar-refractivity contribution is 5.91. The molecule has 0 aliphatic carbocycles. The zero-order chi connectivity index (χ0) is 27.2. The third-order valence-corrected chi connectivity index (χ3v) is 5.97. The molecule has 4 atom stereocenters. The van der Waals surface area contributed by atoms with Gasteiger partial charge in [-0.1, -0.05) is 13.0 Å². The molecule has 3 N–H and O–H groups in total. The molecule has 1 aliphatic heterocycles. The Hall–Kier alpha value is -3.62. The van der Waals surface area contributed by atoms with Gasteiger partial charge in [-0.2, -0.15) is 31.1 Å². The highest BCUT2D eigenvalue weighted by Gasteiger charge is 2.66. The van der Waals surface area contributed by atoms with E-state index in [0.29, 0.717) is 23.8 Å². The lowest BCUT2D eigenvalue weighted by Crippen LogP contribution is -2.47. The summed E-state index contributed by atoms with van der Waals surface area (Å²) >= 11 is 0. The number of nitrogens with two attached hydrogens (primary N) is 1. The van der Waals surface area contributed by atoms with E-state index in [4.69, 9.17) is 10.5 Å². The van der Waals surface area contributed by atoms with Crippen molar-refractivity contribution in [1.82, 2.24) is 4.73 Å². The number of primary amides is 1. The van der Waals surface area contributed by atoms with E-state index in [1.54, 1.807) is 0 Å². The fraction of sp³-hybridized carbons (Fsp3) is 0.381. The van der Waals surface area contributed by atoms with E-state index in [-0.39, 0.29) is 5.36 Å². The lowest BCUT2D eigenvalue weighted by molar-refractivity contribution is -0.272. The van der Waals surface area contributed by atoms with E-state index < -0.39 is 76.8 Å². The minimum absolute atomic E-state index is 0.304. The van der Waals surface area contributed by atoms with E-state index in [1.165, 1.54) is 0 Å². The fourth-order valence-electron chi connectivity index (χ4n) is 3.95. The summed E-state index contributed by atoms with van der Waals surface area (Å²) in [5.41, 5.74) is 0.832. The highest BCUT2D eigenvalue weighted by Crippen LogP contribution is 2.55. The summed E-state index contributed by atoms with van der Waals surface area (Å²) in [6.07, 6.45) is -6.35. The summed E-state index contributed by atoms with van der Waals surface area (Å²) in [6.45, 7) is -2.08. The molecule has 1 aromatic heterocycles. The van der Waals surface area contributed by atoms with Gasteiger partial charge in [-0.15, -0.1) is 0 Å². The summed E-state index contributed by atoms with van der Waals surface area (Å²) in [5.74, 6) is -10.9. The van der Waals surface area contributed by atoms with Crippen LogP contribution in [-0.2, 0) is 9.53 Å². The van der Waals surface area contributed by atoms with Gasteiger partial charge in [-0.05, 0) is 25.1 Å². The van der Waals surface area contributed by atoms with Crippen molar-refractivity contribution < 1.29 is 55.0 Å². The first-order valence-electron chi connectivity index (χ1n) is 10.1. The van der Waals surface area contributed by atoms with Crippen LogP contribution in [0.15, 0.2) is 35.5 Å². The minimum Gasteiger partial charge on any atom is -0.431 e. The maximum atomic E-state index is 14.4. The Kier molecular flexibility index (Phi) is 7.08. The lowest BCUT2D eigenvalue weighted by Gasteiger charge is -2.32. The molecule has 0 bridgehead atoms. The van der Waals surface area contributed by atoms with Crippen molar-refractivity contribution in [2.45, 2.75) is 44.3 Å². The van der Waals surface area contributed by atoms with Crippen LogP contribution in [0.1, 0.15) is 35.8 Å². The van der Waals surface area contributed by atoms with Crippen molar-refractivity contribution in [3.8, 4) is 5.75 Å². The van der Waals surface area contributed by atoms with Crippen LogP contribution in [0.3, 0.4) is 0 Å². The van der Waals surface area contributed by atoms with Gasteiger partial charge in [-0.3, -0.25) is 9.59 Å². The van der Waals surface area contributed by atoms with Crippen LogP contribution in [0.5, 0.6) is 5.75 Å². The second kappa shape index (κ2) is 9.44. The minimum atomic E-state index is -5.09. The molecular formula is C21H18F7N3O5. The van der Waals surface area contributed by atoms with Crippen molar-refractivity contribution in [2.24, 2.45) is 16.6 Å². The number of alkyl halides is 5. The zero-order valence-electron chi connectivity index (χ0n) is 18.4. The van der Waals surface area contributed by atoms with E-state index in [9.17, 15) is 45.5 Å². The largest absolute Gasteiger partial charge is 0.431 e. The molecule has 0 saturated carbocycles. The van der Waals surface area contributed by atoms with Gasteiger partial charge < -0.3 is 20.4 Å². The predicted octanol–water partition coefficient (Wildman–Crippen LogP) is 3.27. The Morgan fingerprint density at radius 1 is 1.25 bits per heavy atom. The molecule has 196 valence electrons. The molecule has 1 aromatic carbocycles. The number of amides is 2. The van der Waals surface area contributed by atoms with Crippen LogP contribution < -0.4 is 15.8 Å². The Bertz CT molecular complexity index is 1260. The van der Waals surface area contributed by atoms with E-state index in [0.717, 1.165) is 25.3 Å². The Morgan fingerprint density at radius 2 is 1.89 bits per heavy atom. The molecule has 1 fully saturated rings. The van der Waals surface area contributed by atoms with Gasteiger partial charge in [0.2, 0.25) is 5.82 Å². The van der Waals surface area contributed by atoms with E-state index >= 15 is 0 Å². The van der Waals surface area contributed by atoms with Gasteiger partial charge >= 0.3 is 12.8 Å². The summed E-state index contributed by atoms with van der Waals surface area (Å²) in [7, 11) is 0. The molecule has 36 heavy (non-hydrogen) atoms. The van der Waals surface area contributed by atoms with Crippen molar-refractivity contribution in [2.75, 3.05) is 0 Å². The lowest BCUT2D eigenvalue weighted by atomic mass is 9.77. The van der Waals surface area contributed by atoms with Crippen molar-refractivity contribution in [3.63, 3.8) is 0 Å². The molecule has 2 aromatic rings. The van der Waals surface area contributed by atoms with Crippen molar-refractivity contribution in [3.05, 3.63) is 58.7 Å². The normalized spacial score (nSPS) is 24.8. The first-order chi connectivity index (χ1) is 16.6. The third kappa shape index (κ3) is 4.74. The quantitative estimate of drug-likeness (QED) is 0.459. The molecule has 0 spiro atoms. The third-order valence-electron chi connectivity index (χ3n) is 5.97. The van der Waals surface area contributed by atoms with Crippen LogP contribution in [0.2, 0.25) is 0 Å². The number of benzene rings is 1. The van der Waals surface area contributed by atoms with Crippen LogP contribution >= 0.6 is 0 Å². The zero-order valence-corrected chi connectivity index (χ0v) is 18.4. The van der Waals surface area contributed by atoms with Gasteiger partial charge in [-0.25, -0.2) is 9.38 Å². The van der Waals surface area contributed by atoms with Crippen LogP contribution in [-0.4, -0.2) is 46.2 Å². The monoisotopic (exact) mass is 525 g/mol. The van der Waals surface area contributed by atoms with Crippen LogP contribution in [0.25, 0.3) is 0 Å². The van der Waals surface area contributed by atoms with Gasteiger partial charge in [0.05, 0.1) is 5.36 Å². The molecular weight excluding hydrogens is 507 g/mol. The number of carbonyl (C=O) groups excluding carboxylic acids is 2. The molecule has 0 radical (unpaired) electrons. The number of rotatable bonds is 5. The molecule has 2 amide bonds. The molecule has 15 heteroatoms. The number of nitrogens with zero attached hydrogens (tertiary/aromatic N) is 2.